The molecule has 96 valence electrons. The van der Waals surface area contributed by atoms with Crippen LogP contribution in [0.2, 0.25) is 0 Å². The summed E-state index contributed by atoms with van der Waals surface area (Å²) in [5, 5.41) is 3.08. The number of anilines is 1. The van der Waals surface area contributed by atoms with E-state index in [9.17, 15) is 13.2 Å². The summed E-state index contributed by atoms with van der Waals surface area (Å²) in [4.78, 5) is 3.76. The minimum atomic E-state index is -4.32. The number of nitrogens with zero attached hydrogens (tertiary/aromatic N) is 1. The van der Waals surface area contributed by atoms with Crippen LogP contribution in [0, 0.1) is 0 Å². The van der Waals surface area contributed by atoms with Crippen molar-refractivity contribution in [3.63, 3.8) is 0 Å². The second-order valence-corrected chi connectivity index (χ2v) is 4.12. The molecule has 0 saturated carbocycles. The van der Waals surface area contributed by atoms with E-state index in [1.54, 1.807) is 0 Å². The Morgan fingerprint density at radius 2 is 2.06 bits per heavy atom. The summed E-state index contributed by atoms with van der Waals surface area (Å²) in [5.41, 5.74) is -0.718. The molecule has 0 saturated heterocycles. The van der Waals surface area contributed by atoms with Crippen LogP contribution in [0.4, 0.5) is 19.0 Å². The van der Waals surface area contributed by atoms with Gasteiger partial charge in [0.1, 0.15) is 5.82 Å². The van der Waals surface area contributed by atoms with Crippen molar-refractivity contribution >= 4 is 5.82 Å². The summed E-state index contributed by atoms with van der Waals surface area (Å²) in [6, 6.07) is 2.63. The summed E-state index contributed by atoms with van der Waals surface area (Å²) < 4.78 is 36.9. The minimum Gasteiger partial charge on any atom is -0.368 e. The van der Waals surface area contributed by atoms with Crippen molar-refractivity contribution in [1.29, 1.82) is 0 Å². The van der Waals surface area contributed by atoms with Crippen molar-refractivity contribution in [3.8, 4) is 0 Å². The Morgan fingerprint density at radius 3 is 2.53 bits per heavy atom. The molecule has 17 heavy (non-hydrogen) atoms. The van der Waals surface area contributed by atoms with Gasteiger partial charge in [-0.15, -0.1) is 0 Å². The van der Waals surface area contributed by atoms with Gasteiger partial charge in [0, 0.05) is 12.2 Å². The molecule has 5 heteroatoms. The first-order valence-corrected chi connectivity index (χ1v) is 5.73. The molecular weight excluding hydrogens is 229 g/mol. The van der Waals surface area contributed by atoms with Gasteiger partial charge in [0.15, 0.2) is 0 Å². The number of aromatic nitrogens is 1. The van der Waals surface area contributed by atoms with E-state index in [1.165, 1.54) is 6.07 Å². The monoisotopic (exact) mass is 246 g/mol. The topological polar surface area (TPSA) is 24.9 Å². The predicted octanol–water partition coefficient (Wildman–Crippen LogP) is 4.09. The van der Waals surface area contributed by atoms with Crippen LogP contribution < -0.4 is 5.32 Å². The molecule has 1 aromatic rings. The lowest BCUT2D eigenvalue weighted by Crippen LogP contribution is -2.16. The number of pyridine rings is 1. The number of nitrogens with one attached hydrogen (secondary N) is 1. The highest BCUT2D eigenvalue weighted by Gasteiger charge is 2.30. The van der Waals surface area contributed by atoms with Crippen LogP contribution >= 0.6 is 0 Å². The summed E-state index contributed by atoms with van der Waals surface area (Å²) >= 11 is 0. The molecule has 0 aliphatic rings. The van der Waals surface area contributed by atoms with E-state index in [0.29, 0.717) is 5.82 Å². The van der Waals surface area contributed by atoms with Gasteiger partial charge in [0.05, 0.1) is 5.56 Å². The molecule has 1 rings (SSSR count). The molecule has 0 fully saturated rings. The molecule has 0 aliphatic heterocycles. The second-order valence-electron chi connectivity index (χ2n) is 4.12. The molecule has 0 bridgehead atoms. The Kier molecular flexibility index (Phi) is 4.78. The lowest BCUT2D eigenvalue weighted by atomic mass is 10.1. The fourth-order valence-electron chi connectivity index (χ4n) is 1.48. The van der Waals surface area contributed by atoms with Gasteiger partial charge < -0.3 is 5.32 Å². The average molecular weight is 246 g/mol. The Morgan fingerprint density at radius 1 is 1.35 bits per heavy atom. The molecule has 1 aromatic heterocycles. The van der Waals surface area contributed by atoms with Gasteiger partial charge in [-0.2, -0.15) is 13.2 Å². The zero-order chi connectivity index (χ0) is 12.9. The number of halogens is 3. The first kappa shape index (κ1) is 13.8. The van der Waals surface area contributed by atoms with E-state index in [2.05, 4.69) is 17.2 Å². The highest BCUT2D eigenvalue weighted by Crippen LogP contribution is 2.28. The fraction of sp³-hybridized carbons (Fsp3) is 0.583. The van der Waals surface area contributed by atoms with Crippen molar-refractivity contribution in [3.05, 3.63) is 23.9 Å². The van der Waals surface area contributed by atoms with Crippen molar-refractivity contribution in [2.75, 3.05) is 5.32 Å². The largest absolute Gasteiger partial charge is 0.417 e. The van der Waals surface area contributed by atoms with Crippen LogP contribution in [0.25, 0.3) is 0 Å². The van der Waals surface area contributed by atoms with Gasteiger partial charge in [-0.1, -0.05) is 19.8 Å². The van der Waals surface area contributed by atoms with Crippen molar-refractivity contribution in [1.82, 2.24) is 4.98 Å². The molecule has 0 aromatic carbocycles. The molecule has 0 unspecified atom stereocenters. The minimum absolute atomic E-state index is 0.221. The number of hydrogen-bond acceptors (Lipinski definition) is 2. The third-order valence-corrected chi connectivity index (χ3v) is 2.48. The number of rotatable bonds is 5. The number of unbranched alkanes of at least 4 members (excludes halogenated alkanes) is 1. The quantitative estimate of drug-likeness (QED) is 0.846. The maximum absolute atomic E-state index is 12.3. The van der Waals surface area contributed by atoms with E-state index in [-0.39, 0.29) is 6.04 Å². The highest BCUT2D eigenvalue weighted by atomic mass is 19.4. The zero-order valence-corrected chi connectivity index (χ0v) is 10.0. The maximum atomic E-state index is 12.3. The normalized spacial score (nSPS) is 13.5. The van der Waals surface area contributed by atoms with Crippen LogP contribution in [0.5, 0.6) is 0 Å². The summed E-state index contributed by atoms with van der Waals surface area (Å²) in [6.07, 6.45) is -0.283. The number of hydrogen-bond donors (Lipinski definition) is 1. The molecule has 1 N–H and O–H groups in total. The first-order valence-electron chi connectivity index (χ1n) is 5.73. The standard InChI is InChI=1S/C12H17F3N2/c1-3-4-5-9(2)17-11-7-6-10(8-16-11)12(13,14)15/h6-9H,3-5H2,1-2H3,(H,16,17)/t9-/m1/s1. The highest BCUT2D eigenvalue weighted by molar-refractivity contribution is 5.36. The van der Waals surface area contributed by atoms with E-state index in [0.717, 1.165) is 31.5 Å². The predicted molar refractivity (Wildman–Crippen MR) is 61.8 cm³/mol. The van der Waals surface area contributed by atoms with Gasteiger partial charge in [-0.3, -0.25) is 0 Å². The van der Waals surface area contributed by atoms with Crippen LogP contribution in [0.1, 0.15) is 38.7 Å². The maximum Gasteiger partial charge on any atom is 0.417 e. The molecule has 2 nitrogen and oxygen atoms in total. The SMILES string of the molecule is CCCC[C@@H](C)Nc1ccc(C(F)(F)F)cn1. The van der Waals surface area contributed by atoms with Gasteiger partial charge >= 0.3 is 6.18 Å². The third-order valence-electron chi connectivity index (χ3n) is 2.48. The Balaban J connectivity index is 2.56. The molecular formula is C12H17F3N2. The lowest BCUT2D eigenvalue weighted by Gasteiger charge is -2.14. The number of alkyl halides is 3. The second kappa shape index (κ2) is 5.89. The first-order chi connectivity index (χ1) is 7.93. The molecule has 0 radical (unpaired) electrons. The van der Waals surface area contributed by atoms with E-state index < -0.39 is 11.7 Å². The average Bonchev–Trinajstić information content (AvgIpc) is 2.26. The van der Waals surface area contributed by atoms with Gasteiger partial charge in [-0.05, 0) is 25.5 Å². The smallest absolute Gasteiger partial charge is 0.368 e. The summed E-state index contributed by atoms with van der Waals surface area (Å²) in [7, 11) is 0. The molecule has 1 heterocycles. The molecule has 0 amide bonds. The molecule has 0 aliphatic carbocycles. The fourth-order valence-corrected chi connectivity index (χ4v) is 1.48. The van der Waals surface area contributed by atoms with E-state index in [1.807, 2.05) is 6.92 Å². The van der Waals surface area contributed by atoms with E-state index >= 15 is 0 Å². The third kappa shape index (κ3) is 4.63. The molecule has 1 atom stereocenters. The van der Waals surface area contributed by atoms with Crippen molar-refractivity contribution < 1.29 is 13.2 Å². The zero-order valence-electron chi connectivity index (χ0n) is 10.0. The van der Waals surface area contributed by atoms with Gasteiger partial charge in [-0.25, -0.2) is 4.98 Å². The van der Waals surface area contributed by atoms with Gasteiger partial charge in [0.25, 0.3) is 0 Å². The van der Waals surface area contributed by atoms with E-state index in [4.69, 9.17) is 0 Å². The van der Waals surface area contributed by atoms with Gasteiger partial charge in [0.2, 0.25) is 0 Å². The summed E-state index contributed by atoms with van der Waals surface area (Å²) in [5.74, 6) is 0.488. The van der Waals surface area contributed by atoms with Crippen LogP contribution in [-0.2, 0) is 6.18 Å². The Labute approximate surface area is 99.3 Å². The van der Waals surface area contributed by atoms with Crippen molar-refractivity contribution in [2.24, 2.45) is 0 Å². The Hall–Kier alpha value is -1.26. The van der Waals surface area contributed by atoms with Crippen LogP contribution in [0.15, 0.2) is 18.3 Å². The van der Waals surface area contributed by atoms with Crippen molar-refractivity contribution in [2.45, 2.75) is 45.3 Å². The molecule has 0 spiro atoms. The van der Waals surface area contributed by atoms with Crippen LogP contribution in [-0.4, -0.2) is 11.0 Å². The lowest BCUT2D eigenvalue weighted by molar-refractivity contribution is -0.137. The Bertz CT molecular complexity index is 333. The summed E-state index contributed by atoms with van der Waals surface area (Å²) in [6.45, 7) is 4.10. The van der Waals surface area contributed by atoms with Crippen LogP contribution in [0.3, 0.4) is 0 Å².